The Balaban J connectivity index is 2.07. The van der Waals surface area contributed by atoms with Crippen molar-refractivity contribution in [3.63, 3.8) is 0 Å². The van der Waals surface area contributed by atoms with E-state index in [-0.39, 0.29) is 12.5 Å². The fourth-order valence-corrected chi connectivity index (χ4v) is 1.75. The molecule has 1 aliphatic heterocycles. The highest BCUT2D eigenvalue weighted by atomic mass is 16.5. The zero-order valence-electron chi connectivity index (χ0n) is 7.77. The van der Waals surface area contributed by atoms with Gasteiger partial charge in [0.05, 0.1) is 12.7 Å². The van der Waals surface area contributed by atoms with Crippen LogP contribution in [-0.4, -0.2) is 11.1 Å². The van der Waals surface area contributed by atoms with Crippen LogP contribution >= 0.6 is 0 Å². The summed E-state index contributed by atoms with van der Waals surface area (Å²) in [5.41, 5.74) is 2.33. The zero-order chi connectivity index (χ0) is 9.97. The van der Waals surface area contributed by atoms with Crippen LogP contribution in [0.25, 0.3) is 0 Å². The van der Waals surface area contributed by atoms with Gasteiger partial charge in [0.1, 0.15) is 0 Å². The molecule has 0 saturated heterocycles. The van der Waals surface area contributed by atoms with Crippen molar-refractivity contribution in [2.24, 2.45) is 0 Å². The monoisotopic (exact) mass is 192 g/mol. The van der Waals surface area contributed by atoms with Gasteiger partial charge in [0, 0.05) is 6.42 Å². The number of benzene rings is 1. The van der Waals surface area contributed by atoms with E-state index in [1.807, 2.05) is 24.3 Å². The Morgan fingerprint density at radius 2 is 2.29 bits per heavy atom. The molecule has 0 saturated carbocycles. The molecule has 1 heterocycles. The topological polar surface area (TPSA) is 46.5 Å². The molecule has 0 bridgehead atoms. The van der Waals surface area contributed by atoms with Crippen molar-refractivity contribution < 1.29 is 14.6 Å². The SMILES string of the molecule is O=C(O)CC[C@H]1OCc2ccccc21. The summed E-state index contributed by atoms with van der Waals surface area (Å²) in [6.07, 6.45) is 0.702. The molecular weight excluding hydrogens is 180 g/mol. The molecule has 0 aliphatic carbocycles. The molecule has 1 atom stereocenters. The third kappa shape index (κ3) is 1.77. The summed E-state index contributed by atoms with van der Waals surface area (Å²) in [5, 5.41) is 8.57. The number of ether oxygens (including phenoxy) is 1. The Labute approximate surface area is 82.3 Å². The first kappa shape index (κ1) is 9.21. The minimum atomic E-state index is -0.766. The lowest BCUT2D eigenvalue weighted by atomic mass is 10.0. The summed E-state index contributed by atoms with van der Waals surface area (Å²) in [7, 11) is 0. The van der Waals surface area contributed by atoms with Crippen molar-refractivity contribution >= 4 is 5.97 Å². The smallest absolute Gasteiger partial charge is 0.303 e. The lowest BCUT2D eigenvalue weighted by Gasteiger charge is -2.08. The third-order valence-electron chi connectivity index (χ3n) is 2.46. The molecule has 0 amide bonds. The van der Waals surface area contributed by atoms with Crippen LogP contribution in [0.2, 0.25) is 0 Å². The molecule has 74 valence electrons. The first-order chi connectivity index (χ1) is 6.77. The third-order valence-corrected chi connectivity index (χ3v) is 2.46. The molecule has 0 fully saturated rings. The van der Waals surface area contributed by atoms with Gasteiger partial charge in [-0.2, -0.15) is 0 Å². The number of aliphatic carboxylic acids is 1. The quantitative estimate of drug-likeness (QED) is 0.797. The van der Waals surface area contributed by atoms with Gasteiger partial charge in [0.15, 0.2) is 0 Å². The standard InChI is InChI=1S/C11H12O3/c12-11(13)6-5-10-9-4-2-1-3-8(9)7-14-10/h1-4,10H,5-7H2,(H,12,13)/t10-/m1/s1. The van der Waals surface area contributed by atoms with E-state index in [0.29, 0.717) is 13.0 Å². The van der Waals surface area contributed by atoms with E-state index in [1.165, 1.54) is 5.56 Å². The average Bonchev–Trinajstić information content (AvgIpc) is 2.58. The fraction of sp³-hybridized carbons (Fsp3) is 0.364. The van der Waals surface area contributed by atoms with Crippen molar-refractivity contribution in [3.05, 3.63) is 35.4 Å². The molecule has 3 heteroatoms. The molecule has 1 aliphatic rings. The highest BCUT2D eigenvalue weighted by Crippen LogP contribution is 2.33. The summed E-state index contributed by atoms with van der Waals surface area (Å²) >= 11 is 0. The van der Waals surface area contributed by atoms with Crippen molar-refractivity contribution in [3.8, 4) is 0 Å². The molecule has 2 rings (SSSR count). The Kier molecular flexibility index (Phi) is 2.50. The van der Waals surface area contributed by atoms with Gasteiger partial charge in [-0.15, -0.1) is 0 Å². The van der Waals surface area contributed by atoms with Crippen molar-refractivity contribution in [1.29, 1.82) is 0 Å². The van der Waals surface area contributed by atoms with Gasteiger partial charge in [-0.3, -0.25) is 4.79 Å². The predicted octanol–water partition coefficient (Wildman–Crippen LogP) is 2.12. The van der Waals surface area contributed by atoms with Crippen LogP contribution in [0.15, 0.2) is 24.3 Å². The van der Waals surface area contributed by atoms with E-state index >= 15 is 0 Å². The molecule has 0 spiro atoms. The summed E-state index contributed by atoms with van der Waals surface area (Å²) in [4.78, 5) is 10.4. The fourth-order valence-electron chi connectivity index (χ4n) is 1.75. The lowest BCUT2D eigenvalue weighted by Crippen LogP contribution is -2.01. The second kappa shape index (κ2) is 3.80. The molecule has 3 nitrogen and oxygen atoms in total. The number of rotatable bonds is 3. The Bertz CT molecular complexity index is 346. The van der Waals surface area contributed by atoms with Gasteiger partial charge < -0.3 is 9.84 Å². The van der Waals surface area contributed by atoms with Crippen LogP contribution in [0.3, 0.4) is 0 Å². The highest BCUT2D eigenvalue weighted by molar-refractivity contribution is 5.66. The molecule has 0 aromatic heterocycles. The number of carboxylic acids is 1. The molecule has 0 radical (unpaired) electrons. The maximum atomic E-state index is 10.4. The summed E-state index contributed by atoms with van der Waals surface area (Å²) < 4.78 is 5.51. The minimum absolute atomic E-state index is 0.0256. The molecule has 14 heavy (non-hydrogen) atoms. The first-order valence-corrected chi connectivity index (χ1v) is 4.68. The first-order valence-electron chi connectivity index (χ1n) is 4.68. The number of hydrogen-bond donors (Lipinski definition) is 1. The van der Waals surface area contributed by atoms with Crippen molar-refractivity contribution in [2.75, 3.05) is 0 Å². The normalized spacial score (nSPS) is 19.3. The molecule has 0 unspecified atom stereocenters. The molecule has 1 aromatic rings. The highest BCUT2D eigenvalue weighted by Gasteiger charge is 2.22. The Morgan fingerprint density at radius 1 is 1.50 bits per heavy atom. The van der Waals surface area contributed by atoms with Crippen LogP contribution < -0.4 is 0 Å². The largest absolute Gasteiger partial charge is 0.481 e. The lowest BCUT2D eigenvalue weighted by molar-refractivity contribution is -0.137. The van der Waals surface area contributed by atoms with Crippen LogP contribution in [0, 0.1) is 0 Å². The van der Waals surface area contributed by atoms with Crippen LogP contribution in [0.4, 0.5) is 0 Å². The molecule has 1 N–H and O–H groups in total. The Morgan fingerprint density at radius 3 is 3.07 bits per heavy atom. The van der Waals surface area contributed by atoms with Crippen molar-refractivity contribution in [1.82, 2.24) is 0 Å². The van der Waals surface area contributed by atoms with E-state index < -0.39 is 5.97 Å². The summed E-state index contributed by atoms with van der Waals surface area (Å²) in [5.74, 6) is -0.766. The second-order valence-electron chi connectivity index (χ2n) is 3.43. The summed E-state index contributed by atoms with van der Waals surface area (Å²) in [6, 6.07) is 7.97. The maximum absolute atomic E-state index is 10.4. The van der Waals surface area contributed by atoms with Crippen molar-refractivity contribution in [2.45, 2.75) is 25.6 Å². The van der Waals surface area contributed by atoms with Gasteiger partial charge in [-0.1, -0.05) is 24.3 Å². The van der Waals surface area contributed by atoms with Gasteiger partial charge in [0.2, 0.25) is 0 Å². The minimum Gasteiger partial charge on any atom is -0.481 e. The van der Waals surface area contributed by atoms with Gasteiger partial charge >= 0.3 is 5.97 Å². The van der Waals surface area contributed by atoms with E-state index in [2.05, 4.69) is 0 Å². The Hall–Kier alpha value is -1.35. The molecular formula is C11H12O3. The number of carbonyl (C=O) groups is 1. The van der Waals surface area contributed by atoms with Crippen LogP contribution in [0.5, 0.6) is 0 Å². The van der Waals surface area contributed by atoms with E-state index in [1.54, 1.807) is 0 Å². The predicted molar refractivity (Wildman–Crippen MR) is 50.8 cm³/mol. The number of carboxylic acid groups (broad SMARTS) is 1. The zero-order valence-corrected chi connectivity index (χ0v) is 7.77. The van der Waals surface area contributed by atoms with Crippen LogP contribution in [0.1, 0.15) is 30.1 Å². The second-order valence-corrected chi connectivity index (χ2v) is 3.43. The van der Waals surface area contributed by atoms with Gasteiger partial charge in [-0.05, 0) is 17.5 Å². The van der Waals surface area contributed by atoms with E-state index in [0.717, 1.165) is 5.56 Å². The van der Waals surface area contributed by atoms with Crippen LogP contribution in [-0.2, 0) is 16.1 Å². The number of fused-ring (bicyclic) bond motifs is 1. The van der Waals surface area contributed by atoms with Gasteiger partial charge in [-0.25, -0.2) is 0 Å². The average molecular weight is 192 g/mol. The number of hydrogen-bond acceptors (Lipinski definition) is 2. The summed E-state index contributed by atoms with van der Waals surface area (Å²) in [6.45, 7) is 0.612. The van der Waals surface area contributed by atoms with E-state index in [4.69, 9.17) is 9.84 Å². The van der Waals surface area contributed by atoms with E-state index in [9.17, 15) is 4.79 Å². The maximum Gasteiger partial charge on any atom is 0.303 e. The van der Waals surface area contributed by atoms with Gasteiger partial charge in [0.25, 0.3) is 0 Å². The molecule has 1 aromatic carbocycles.